The van der Waals surface area contributed by atoms with Gasteiger partial charge in [-0.05, 0) is 78.7 Å². The fraction of sp³-hybridized carbons (Fsp3) is 0.636. The number of hydrogen-bond acceptors (Lipinski definition) is 5. The van der Waals surface area contributed by atoms with Crippen LogP contribution in [0.15, 0.2) is 18.2 Å². The van der Waals surface area contributed by atoms with Crippen molar-refractivity contribution in [3.05, 3.63) is 23.8 Å². The highest BCUT2D eigenvalue weighted by molar-refractivity contribution is 5.85. The van der Waals surface area contributed by atoms with Crippen molar-refractivity contribution in [2.75, 3.05) is 19.6 Å². The van der Waals surface area contributed by atoms with Crippen molar-refractivity contribution in [2.24, 2.45) is 10.8 Å². The Morgan fingerprint density at radius 2 is 1.32 bits per heavy atom. The van der Waals surface area contributed by atoms with Gasteiger partial charge in [0, 0.05) is 6.54 Å². The predicted octanol–water partition coefficient (Wildman–Crippen LogP) is 4.90. The maximum Gasteiger partial charge on any atom is 0.316 e. The zero-order valence-corrected chi connectivity index (χ0v) is 19.4. The first-order chi connectivity index (χ1) is 12.4. The SMILES string of the molecule is CCN(CC)CCc1ccc(OC(=O)C(C)(C)C)c(OC(=O)C(C)(C)C)c1.Cl. The van der Waals surface area contributed by atoms with Gasteiger partial charge in [-0.3, -0.25) is 9.59 Å². The Hall–Kier alpha value is -1.59. The fourth-order valence-corrected chi connectivity index (χ4v) is 2.21. The highest BCUT2D eigenvalue weighted by Gasteiger charge is 2.28. The number of hydrogen-bond donors (Lipinski definition) is 0. The molecule has 1 aromatic rings. The second-order valence-electron chi connectivity index (χ2n) is 8.84. The molecule has 160 valence electrons. The molecule has 1 aromatic carbocycles. The summed E-state index contributed by atoms with van der Waals surface area (Å²) in [6.45, 7) is 17.9. The highest BCUT2D eigenvalue weighted by atomic mass is 35.5. The Morgan fingerprint density at radius 1 is 0.857 bits per heavy atom. The number of benzene rings is 1. The molecule has 0 saturated carbocycles. The molecule has 0 bridgehead atoms. The summed E-state index contributed by atoms with van der Waals surface area (Å²) in [5, 5.41) is 0. The maximum atomic E-state index is 12.4. The van der Waals surface area contributed by atoms with Crippen molar-refractivity contribution >= 4 is 24.3 Å². The largest absolute Gasteiger partial charge is 0.422 e. The van der Waals surface area contributed by atoms with E-state index in [-0.39, 0.29) is 30.1 Å². The van der Waals surface area contributed by atoms with Gasteiger partial charge < -0.3 is 14.4 Å². The van der Waals surface area contributed by atoms with E-state index in [1.54, 1.807) is 53.7 Å². The molecule has 0 atom stereocenters. The van der Waals surface area contributed by atoms with Gasteiger partial charge in [0.2, 0.25) is 0 Å². The summed E-state index contributed by atoms with van der Waals surface area (Å²) in [7, 11) is 0. The minimum absolute atomic E-state index is 0. The molecule has 0 aliphatic carbocycles. The van der Waals surface area contributed by atoms with E-state index in [0.717, 1.165) is 31.6 Å². The number of halogens is 1. The van der Waals surface area contributed by atoms with Crippen LogP contribution in [0, 0.1) is 10.8 Å². The lowest BCUT2D eigenvalue weighted by Crippen LogP contribution is -2.28. The summed E-state index contributed by atoms with van der Waals surface area (Å²) in [4.78, 5) is 27.0. The molecule has 0 N–H and O–H groups in total. The van der Waals surface area contributed by atoms with Gasteiger partial charge in [0.15, 0.2) is 11.5 Å². The second kappa shape index (κ2) is 10.8. The lowest BCUT2D eigenvalue weighted by Gasteiger charge is -2.21. The number of carbonyl (C=O) groups excluding carboxylic acids is 2. The van der Waals surface area contributed by atoms with E-state index in [1.807, 2.05) is 6.07 Å². The Kier molecular flexibility index (Phi) is 10.2. The summed E-state index contributed by atoms with van der Waals surface area (Å²) >= 11 is 0. The van der Waals surface area contributed by atoms with Crippen LogP contribution in [0.5, 0.6) is 11.5 Å². The van der Waals surface area contributed by atoms with E-state index in [0.29, 0.717) is 5.75 Å². The average molecular weight is 414 g/mol. The third-order valence-electron chi connectivity index (χ3n) is 4.25. The number of likely N-dealkylation sites (N-methyl/N-ethyl adjacent to an activating group) is 1. The van der Waals surface area contributed by atoms with Gasteiger partial charge in [-0.2, -0.15) is 0 Å². The molecule has 0 radical (unpaired) electrons. The van der Waals surface area contributed by atoms with E-state index in [9.17, 15) is 9.59 Å². The van der Waals surface area contributed by atoms with Crippen LogP contribution >= 0.6 is 12.4 Å². The molecule has 0 amide bonds. The van der Waals surface area contributed by atoms with Crippen molar-refractivity contribution in [2.45, 2.75) is 61.8 Å². The molecule has 6 heteroatoms. The molecule has 0 spiro atoms. The van der Waals surface area contributed by atoms with Gasteiger partial charge in [0.05, 0.1) is 10.8 Å². The van der Waals surface area contributed by atoms with Gasteiger partial charge >= 0.3 is 11.9 Å². The predicted molar refractivity (Wildman–Crippen MR) is 115 cm³/mol. The van der Waals surface area contributed by atoms with Crippen LogP contribution in [-0.4, -0.2) is 36.5 Å². The normalized spacial score (nSPS) is 11.8. The molecule has 0 heterocycles. The van der Waals surface area contributed by atoms with Crippen LogP contribution in [0.2, 0.25) is 0 Å². The van der Waals surface area contributed by atoms with Gasteiger partial charge in [-0.15, -0.1) is 12.4 Å². The average Bonchev–Trinajstić information content (AvgIpc) is 2.56. The van der Waals surface area contributed by atoms with Crippen LogP contribution in [0.4, 0.5) is 0 Å². The first-order valence-electron chi connectivity index (χ1n) is 9.68. The van der Waals surface area contributed by atoms with Crippen molar-refractivity contribution in [3.8, 4) is 11.5 Å². The molecule has 0 aromatic heterocycles. The van der Waals surface area contributed by atoms with Crippen LogP contribution in [-0.2, 0) is 16.0 Å². The molecule has 28 heavy (non-hydrogen) atoms. The quantitative estimate of drug-likeness (QED) is 0.470. The zero-order valence-electron chi connectivity index (χ0n) is 18.5. The number of rotatable bonds is 7. The van der Waals surface area contributed by atoms with E-state index < -0.39 is 10.8 Å². The smallest absolute Gasteiger partial charge is 0.316 e. The fourth-order valence-electron chi connectivity index (χ4n) is 2.21. The summed E-state index contributed by atoms with van der Waals surface area (Å²) < 4.78 is 11.1. The molecule has 1 rings (SSSR count). The summed E-state index contributed by atoms with van der Waals surface area (Å²) in [5.41, 5.74) is -0.260. The van der Waals surface area contributed by atoms with Gasteiger partial charge in [0.25, 0.3) is 0 Å². The van der Waals surface area contributed by atoms with Gasteiger partial charge in [-0.1, -0.05) is 19.9 Å². The minimum Gasteiger partial charge on any atom is -0.422 e. The Bertz CT molecular complexity index is 655. The molecular formula is C22H36ClNO4. The number of carbonyl (C=O) groups is 2. The lowest BCUT2D eigenvalue weighted by atomic mass is 9.97. The van der Waals surface area contributed by atoms with Crippen LogP contribution in [0.1, 0.15) is 61.0 Å². The lowest BCUT2D eigenvalue weighted by molar-refractivity contribution is -0.145. The molecule has 0 aliphatic rings. The summed E-state index contributed by atoms with van der Waals surface area (Å²) in [5.74, 6) is -0.161. The molecule has 0 saturated heterocycles. The molecule has 0 fully saturated rings. The Labute approximate surface area is 176 Å². The molecular weight excluding hydrogens is 378 g/mol. The topological polar surface area (TPSA) is 55.8 Å². The summed E-state index contributed by atoms with van der Waals surface area (Å²) in [6.07, 6.45) is 0.829. The maximum absolute atomic E-state index is 12.4. The van der Waals surface area contributed by atoms with Crippen LogP contribution < -0.4 is 9.47 Å². The van der Waals surface area contributed by atoms with E-state index in [2.05, 4.69) is 18.7 Å². The minimum atomic E-state index is -0.650. The molecule has 0 unspecified atom stereocenters. The number of esters is 2. The van der Waals surface area contributed by atoms with E-state index in [1.165, 1.54) is 0 Å². The monoisotopic (exact) mass is 413 g/mol. The van der Waals surface area contributed by atoms with E-state index >= 15 is 0 Å². The van der Waals surface area contributed by atoms with Crippen molar-refractivity contribution in [1.82, 2.24) is 4.90 Å². The van der Waals surface area contributed by atoms with Gasteiger partial charge in [-0.25, -0.2) is 0 Å². The number of nitrogens with zero attached hydrogens (tertiary/aromatic N) is 1. The standard InChI is InChI=1S/C22H35NO4.ClH/c1-9-23(10-2)14-13-16-11-12-17(26-19(24)21(3,4)5)18(15-16)27-20(25)22(6,7)8;/h11-12,15H,9-10,13-14H2,1-8H3;1H. The molecule has 5 nitrogen and oxygen atoms in total. The zero-order chi connectivity index (χ0) is 20.8. The third-order valence-corrected chi connectivity index (χ3v) is 4.25. The summed E-state index contributed by atoms with van der Waals surface area (Å²) in [6, 6.07) is 5.44. The van der Waals surface area contributed by atoms with Crippen molar-refractivity contribution in [1.29, 1.82) is 0 Å². The first kappa shape index (κ1) is 26.4. The second-order valence-corrected chi connectivity index (χ2v) is 8.84. The van der Waals surface area contributed by atoms with Gasteiger partial charge in [0.1, 0.15) is 0 Å². The van der Waals surface area contributed by atoms with Crippen LogP contribution in [0.3, 0.4) is 0 Å². The highest BCUT2D eigenvalue weighted by Crippen LogP contribution is 2.32. The first-order valence-corrected chi connectivity index (χ1v) is 9.68. The van der Waals surface area contributed by atoms with Crippen LogP contribution in [0.25, 0.3) is 0 Å². The third kappa shape index (κ3) is 8.19. The van der Waals surface area contributed by atoms with Crippen molar-refractivity contribution in [3.63, 3.8) is 0 Å². The molecule has 0 aliphatic heterocycles. The Morgan fingerprint density at radius 3 is 1.75 bits per heavy atom. The number of ether oxygens (including phenoxy) is 2. The van der Waals surface area contributed by atoms with E-state index in [4.69, 9.17) is 9.47 Å². The van der Waals surface area contributed by atoms with Crippen molar-refractivity contribution < 1.29 is 19.1 Å². The Balaban J connectivity index is 0.00000729.